The van der Waals surface area contributed by atoms with Crippen molar-refractivity contribution in [2.75, 3.05) is 7.11 Å². The molecule has 0 saturated heterocycles. The summed E-state index contributed by atoms with van der Waals surface area (Å²) in [6, 6.07) is 20.4. The van der Waals surface area contributed by atoms with Gasteiger partial charge in [0.1, 0.15) is 11.5 Å². The van der Waals surface area contributed by atoms with Gasteiger partial charge < -0.3 is 9.47 Å². The highest BCUT2D eigenvalue weighted by atomic mass is 32.1. The third-order valence-electron chi connectivity index (χ3n) is 3.82. The average molecular weight is 375 g/mol. The van der Waals surface area contributed by atoms with E-state index in [1.54, 1.807) is 31.4 Å². The van der Waals surface area contributed by atoms with Gasteiger partial charge >= 0.3 is 5.97 Å². The predicted octanol–water partition coefficient (Wildman–Crippen LogP) is 4.97. The van der Waals surface area contributed by atoms with E-state index in [9.17, 15) is 10.1 Å². The maximum Gasteiger partial charge on any atom is 0.316 e. The first-order valence-electron chi connectivity index (χ1n) is 8.27. The van der Waals surface area contributed by atoms with E-state index in [1.165, 1.54) is 11.3 Å². The molecule has 0 fully saturated rings. The lowest BCUT2D eigenvalue weighted by Crippen LogP contribution is -2.10. The van der Waals surface area contributed by atoms with E-state index < -0.39 is 0 Å². The third kappa shape index (κ3) is 5.06. The van der Waals surface area contributed by atoms with E-state index >= 15 is 0 Å². The van der Waals surface area contributed by atoms with Crippen molar-refractivity contribution in [2.24, 2.45) is 0 Å². The first kappa shape index (κ1) is 18.4. The zero-order valence-corrected chi connectivity index (χ0v) is 15.5. The van der Waals surface area contributed by atoms with Crippen LogP contribution in [-0.2, 0) is 11.2 Å². The number of nitriles is 1. The molecule has 4 nitrogen and oxygen atoms in total. The molecule has 0 amide bonds. The number of carbonyl (C=O) groups excluding carboxylic acids is 1. The lowest BCUT2D eigenvalue weighted by Gasteiger charge is -2.05. The van der Waals surface area contributed by atoms with Gasteiger partial charge in [-0.25, -0.2) is 0 Å². The minimum Gasteiger partial charge on any atom is -0.497 e. The van der Waals surface area contributed by atoms with E-state index in [-0.39, 0.29) is 12.4 Å². The standard InChI is InChI=1S/C22H17NO3S/c1-25-19-9-7-17(8-10-19)18(15-23)12-16-4-2-5-20(13-16)26-22(24)14-21-6-3-11-27-21/h2-13H,14H2,1H3/b18-12-. The second-order valence-corrected chi connectivity index (χ2v) is 6.73. The molecule has 1 heterocycles. The molecule has 2 aromatic carbocycles. The van der Waals surface area contributed by atoms with Gasteiger partial charge in [0.2, 0.25) is 0 Å². The van der Waals surface area contributed by atoms with Crippen molar-refractivity contribution in [2.45, 2.75) is 6.42 Å². The Labute approximate surface area is 161 Å². The number of carbonyl (C=O) groups is 1. The highest BCUT2D eigenvalue weighted by molar-refractivity contribution is 7.10. The van der Waals surface area contributed by atoms with Crippen molar-refractivity contribution < 1.29 is 14.3 Å². The van der Waals surface area contributed by atoms with Crippen molar-refractivity contribution in [3.05, 3.63) is 82.0 Å². The van der Waals surface area contributed by atoms with Gasteiger partial charge in [-0.15, -0.1) is 11.3 Å². The van der Waals surface area contributed by atoms with Gasteiger partial charge in [-0.1, -0.05) is 18.2 Å². The molecule has 0 N–H and O–H groups in total. The Bertz CT molecular complexity index is 983. The van der Waals surface area contributed by atoms with Crippen LogP contribution < -0.4 is 9.47 Å². The zero-order chi connectivity index (χ0) is 19.1. The highest BCUT2D eigenvalue weighted by Crippen LogP contribution is 2.23. The summed E-state index contributed by atoms with van der Waals surface area (Å²) in [6.07, 6.45) is 2.01. The molecule has 134 valence electrons. The van der Waals surface area contributed by atoms with Gasteiger partial charge in [-0.3, -0.25) is 4.79 Å². The Morgan fingerprint density at radius 1 is 1.11 bits per heavy atom. The number of hydrogen-bond donors (Lipinski definition) is 0. The molecular formula is C22H17NO3S. The monoisotopic (exact) mass is 375 g/mol. The number of allylic oxidation sites excluding steroid dienone is 1. The summed E-state index contributed by atoms with van der Waals surface area (Å²) in [5.41, 5.74) is 2.09. The first-order valence-corrected chi connectivity index (χ1v) is 9.15. The van der Waals surface area contributed by atoms with Crippen LogP contribution in [0.4, 0.5) is 0 Å². The van der Waals surface area contributed by atoms with Gasteiger partial charge in [-0.2, -0.15) is 5.26 Å². The zero-order valence-electron chi connectivity index (χ0n) is 14.7. The normalized spacial score (nSPS) is 10.9. The Kier molecular flexibility index (Phi) is 6.03. The van der Waals surface area contributed by atoms with Gasteiger partial charge in [0, 0.05) is 4.88 Å². The van der Waals surface area contributed by atoms with Crippen LogP contribution in [0.15, 0.2) is 66.0 Å². The van der Waals surface area contributed by atoms with Crippen LogP contribution in [0.25, 0.3) is 11.6 Å². The lowest BCUT2D eigenvalue weighted by atomic mass is 10.0. The van der Waals surface area contributed by atoms with Crippen molar-refractivity contribution in [3.8, 4) is 17.6 Å². The van der Waals surface area contributed by atoms with Crippen LogP contribution >= 0.6 is 11.3 Å². The summed E-state index contributed by atoms with van der Waals surface area (Å²) in [6.45, 7) is 0. The fourth-order valence-corrected chi connectivity index (χ4v) is 3.20. The molecule has 0 bridgehead atoms. The topological polar surface area (TPSA) is 59.3 Å². The summed E-state index contributed by atoms with van der Waals surface area (Å²) in [7, 11) is 1.60. The molecule has 27 heavy (non-hydrogen) atoms. The molecular weight excluding hydrogens is 358 g/mol. The van der Waals surface area contributed by atoms with Gasteiger partial charge in [0.25, 0.3) is 0 Å². The van der Waals surface area contributed by atoms with Crippen LogP contribution in [-0.4, -0.2) is 13.1 Å². The van der Waals surface area contributed by atoms with E-state index in [0.717, 1.165) is 21.8 Å². The minimum atomic E-state index is -0.311. The molecule has 0 unspecified atom stereocenters. The van der Waals surface area contributed by atoms with Gasteiger partial charge in [0.15, 0.2) is 0 Å². The van der Waals surface area contributed by atoms with Crippen LogP contribution in [0.2, 0.25) is 0 Å². The number of rotatable bonds is 6. The van der Waals surface area contributed by atoms with E-state index in [0.29, 0.717) is 11.3 Å². The molecule has 0 radical (unpaired) electrons. The largest absolute Gasteiger partial charge is 0.497 e. The Morgan fingerprint density at radius 2 is 1.93 bits per heavy atom. The van der Waals surface area contributed by atoms with E-state index in [1.807, 2.05) is 47.8 Å². The van der Waals surface area contributed by atoms with Crippen LogP contribution in [0, 0.1) is 11.3 Å². The minimum absolute atomic E-state index is 0.243. The fraction of sp³-hybridized carbons (Fsp3) is 0.0909. The number of methoxy groups -OCH3 is 1. The summed E-state index contributed by atoms with van der Waals surface area (Å²) in [5.74, 6) is 0.877. The number of hydrogen-bond acceptors (Lipinski definition) is 5. The fourth-order valence-electron chi connectivity index (χ4n) is 2.51. The van der Waals surface area contributed by atoms with Crippen LogP contribution in [0.1, 0.15) is 16.0 Å². The van der Waals surface area contributed by atoms with Crippen LogP contribution in [0.5, 0.6) is 11.5 Å². The molecule has 5 heteroatoms. The molecule has 3 rings (SSSR count). The smallest absolute Gasteiger partial charge is 0.316 e. The number of esters is 1. The van der Waals surface area contributed by atoms with E-state index in [4.69, 9.17) is 9.47 Å². The van der Waals surface area contributed by atoms with Crippen molar-refractivity contribution in [3.63, 3.8) is 0 Å². The molecule has 1 aromatic heterocycles. The molecule has 0 saturated carbocycles. The maximum absolute atomic E-state index is 12.1. The number of nitrogens with zero attached hydrogens (tertiary/aromatic N) is 1. The van der Waals surface area contributed by atoms with Crippen LogP contribution in [0.3, 0.4) is 0 Å². The quantitative estimate of drug-likeness (QED) is 0.264. The summed E-state index contributed by atoms with van der Waals surface area (Å²) < 4.78 is 10.6. The van der Waals surface area contributed by atoms with Gasteiger partial charge in [-0.05, 0) is 65.0 Å². The summed E-state index contributed by atoms with van der Waals surface area (Å²) >= 11 is 1.52. The molecule has 0 atom stereocenters. The predicted molar refractivity (Wildman–Crippen MR) is 107 cm³/mol. The molecule has 0 aliphatic rings. The third-order valence-corrected chi connectivity index (χ3v) is 4.70. The highest BCUT2D eigenvalue weighted by Gasteiger charge is 2.08. The molecule has 3 aromatic rings. The number of benzene rings is 2. The van der Waals surface area contributed by atoms with Crippen molar-refractivity contribution >= 4 is 29.0 Å². The first-order chi connectivity index (χ1) is 13.2. The number of thiophene rings is 1. The molecule has 0 spiro atoms. The van der Waals surface area contributed by atoms with E-state index in [2.05, 4.69) is 6.07 Å². The second kappa shape index (κ2) is 8.84. The summed E-state index contributed by atoms with van der Waals surface area (Å²) in [5, 5.41) is 11.4. The number of ether oxygens (including phenoxy) is 2. The van der Waals surface area contributed by atoms with Crippen molar-refractivity contribution in [1.29, 1.82) is 5.26 Å². The van der Waals surface area contributed by atoms with Gasteiger partial charge in [0.05, 0.1) is 25.2 Å². The summed E-state index contributed by atoms with van der Waals surface area (Å²) in [4.78, 5) is 13.0. The second-order valence-electron chi connectivity index (χ2n) is 5.70. The maximum atomic E-state index is 12.1. The Morgan fingerprint density at radius 3 is 2.59 bits per heavy atom. The Balaban J connectivity index is 1.76. The SMILES string of the molecule is COc1ccc(/C(C#N)=C\c2cccc(OC(=O)Cc3cccs3)c2)cc1. The molecule has 0 aliphatic carbocycles. The molecule has 0 aliphatic heterocycles. The Hall–Kier alpha value is -3.36. The average Bonchev–Trinajstić information content (AvgIpc) is 3.19. The van der Waals surface area contributed by atoms with Crippen molar-refractivity contribution in [1.82, 2.24) is 0 Å². The lowest BCUT2D eigenvalue weighted by molar-refractivity contribution is -0.133.